The van der Waals surface area contributed by atoms with Gasteiger partial charge in [-0.1, -0.05) is 60.3 Å². The van der Waals surface area contributed by atoms with Crippen LogP contribution in [0.1, 0.15) is 16.4 Å². The van der Waals surface area contributed by atoms with Crippen LogP contribution in [-0.4, -0.2) is 33.8 Å². The normalized spacial score (nSPS) is 11.6. The average molecular weight is 381 g/mol. The van der Waals surface area contributed by atoms with Gasteiger partial charge in [-0.25, -0.2) is 4.79 Å². The van der Waals surface area contributed by atoms with Gasteiger partial charge in [-0.3, -0.25) is 14.7 Å². The summed E-state index contributed by atoms with van der Waals surface area (Å²) < 4.78 is 1.84. The second-order valence-electron chi connectivity index (χ2n) is 5.75. The van der Waals surface area contributed by atoms with Crippen molar-refractivity contribution in [3.63, 3.8) is 0 Å². The highest BCUT2D eigenvalue weighted by molar-refractivity contribution is 8.00. The zero-order valence-corrected chi connectivity index (χ0v) is 15.7. The highest BCUT2D eigenvalue weighted by Crippen LogP contribution is 2.35. The first kappa shape index (κ1) is 18.7. The molecule has 1 heterocycles. The van der Waals surface area contributed by atoms with Crippen LogP contribution < -0.4 is 10.6 Å². The number of nitrogens with zero attached hydrogens (tertiary/aromatic N) is 3. The molecule has 0 unspecified atom stereocenters. The van der Waals surface area contributed by atoms with Crippen molar-refractivity contribution in [2.45, 2.75) is 17.3 Å². The SMILES string of the molecule is CNC(=O)NC(=O)[C@@H](Sc1nncn1-c1ccccc1C)c1ccccc1. The minimum absolute atomic E-state index is 0.426. The molecule has 0 aliphatic rings. The van der Waals surface area contributed by atoms with Gasteiger partial charge in [0.1, 0.15) is 11.6 Å². The van der Waals surface area contributed by atoms with Gasteiger partial charge in [0.2, 0.25) is 5.91 Å². The zero-order chi connectivity index (χ0) is 19.2. The fourth-order valence-electron chi connectivity index (χ4n) is 2.55. The van der Waals surface area contributed by atoms with Gasteiger partial charge in [-0.2, -0.15) is 0 Å². The number of amides is 3. The molecule has 0 radical (unpaired) electrons. The van der Waals surface area contributed by atoms with Crippen molar-refractivity contribution < 1.29 is 9.59 Å². The summed E-state index contributed by atoms with van der Waals surface area (Å²) >= 11 is 1.24. The monoisotopic (exact) mass is 381 g/mol. The average Bonchev–Trinajstić information content (AvgIpc) is 3.15. The Labute approximate surface area is 161 Å². The molecular weight excluding hydrogens is 362 g/mol. The molecule has 8 heteroatoms. The number of thioether (sulfide) groups is 1. The summed E-state index contributed by atoms with van der Waals surface area (Å²) in [7, 11) is 1.46. The van der Waals surface area contributed by atoms with Crippen LogP contribution in [0.4, 0.5) is 4.79 Å². The number of nitrogens with one attached hydrogen (secondary N) is 2. The molecule has 0 saturated heterocycles. The van der Waals surface area contributed by atoms with E-state index in [1.54, 1.807) is 6.33 Å². The number of aryl methyl sites for hydroxylation is 1. The number of carbonyl (C=O) groups is 2. The number of carbonyl (C=O) groups excluding carboxylic acids is 2. The Kier molecular flexibility index (Phi) is 5.87. The summed E-state index contributed by atoms with van der Waals surface area (Å²) in [6.07, 6.45) is 1.61. The molecule has 2 aromatic carbocycles. The molecule has 0 fully saturated rings. The number of para-hydroxylation sites is 1. The summed E-state index contributed by atoms with van der Waals surface area (Å²) in [6.45, 7) is 2.00. The number of benzene rings is 2. The van der Waals surface area contributed by atoms with Crippen LogP contribution in [0.2, 0.25) is 0 Å². The van der Waals surface area contributed by atoms with Crippen molar-refractivity contribution >= 4 is 23.7 Å². The van der Waals surface area contributed by atoms with Crippen molar-refractivity contribution in [3.8, 4) is 5.69 Å². The Hall–Kier alpha value is -3.13. The topological polar surface area (TPSA) is 88.9 Å². The maximum Gasteiger partial charge on any atom is 0.321 e. The van der Waals surface area contributed by atoms with Crippen molar-refractivity contribution in [1.82, 2.24) is 25.4 Å². The van der Waals surface area contributed by atoms with E-state index < -0.39 is 17.2 Å². The van der Waals surface area contributed by atoms with Crippen LogP contribution in [0.15, 0.2) is 66.1 Å². The van der Waals surface area contributed by atoms with Gasteiger partial charge in [0, 0.05) is 7.05 Å². The number of urea groups is 1. The third-order valence-corrected chi connectivity index (χ3v) is 5.13. The molecule has 3 rings (SSSR count). The van der Waals surface area contributed by atoms with Gasteiger partial charge in [0.25, 0.3) is 0 Å². The lowest BCUT2D eigenvalue weighted by molar-refractivity contribution is -0.119. The first-order chi connectivity index (χ1) is 13.1. The first-order valence-electron chi connectivity index (χ1n) is 8.30. The molecule has 0 aliphatic heterocycles. The number of imide groups is 1. The van der Waals surface area contributed by atoms with Crippen LogP contribution in [0.25, 0.3) is 5.69 Å². The Morgan fingerprint density at radius 2 is 1.78 bits per heavy atom. The molecule has 7 nitrogen and oxygen atoms in total. The van der Waals surface area contributed by atoms with Gasteiger partial charge in [0.05, 0.1) is 5.69 Å². The van der Waals surface area contributed by atoms with Gasteiger partial charge in [-0.15, -0.1) is 10.2 Å². The molecular formula is C19H19N5O2S. The van der Waals surface area contributed by atoms with E-state index in [1.807, 2.05) is 66.1 Å². The van der Waals surface area contributed by atoms with E-state index in [1.165, 1.54) is 18.8 Å². The summed E-state index contributed by atoms with van der Waals surface area (Å²) in [5, 5.41) is 12.8. The van der Waals surface area contributed by atoms with Crippen molar-refractivity contribution in [3.05, 3.63) is 72.1 Å². The maximum absolute atomic E-state index is 12.7. The quantitative estimate of drug-likeness (QED) is 0.664. The molecule has 0 aliphatic carbocycles. The predicted molar refractivity (Wildman–Crippen MR) is 104 cm³/mol. The number of aromatic nitrogens is 3. The molecule has 138 valence electrons. The predicted octanol–water partition coefficient (Wildman–Crippen LogP) is 2.86. The third-order valence-electron chi connectivity index (χ3n) is 3.92. The fraction of sp³-hybridized carbons (Fsp3) is 0.158. The largest absolute Gasteiger partial charge is 0.341 e. The van der Waals surface area contributed by atoms with Crippen molar-refractivity contribution in [1.29, 1.82) is 0 Å². The number of hydrogen-bond acceptors (Lipinski definition) is 5. The highest BCUT2D eigenvalue weighted by atomic mass is 32.2. The van der Waals surface area contributed by atoms with Gasteiger partial charge in [0.15, 0.2) is 5.16 Å². The molecule has 2 N–H and O–H groups in total. The van der Waals surface area contributed by atoms with E-state index in [0.29, 0.717) is 5.16 Å². The van der Waals surface area contributed by atoms with Crippen molar-refractivity contribution in [2.75, 3.05) is 7.05 Å². The van der Waals surface area contributed by atoms with Crippen LogP contribution in [0.3, 0.4) is 0 Å². The Morgan fingerprint density at radius 1 is 1.07 bits per heavy atom. The summed E-state index contributed by atoms with van der Waals surface area (Å²) in [5.41, 5.74) is 2.76. The first-order valence-corrected chi connectivity index (χ1v) is 9.18. The van der Waals surface area contributed by atoms with Crippen LogP contribution in [0.5, 0.6) is 0 Å². The minimum atomic E-state index is -0.657. The summed E-state index contributed by atoms with van der Waals surface area (Å²) in [4.78, 5) is 24.3. The molecule has 0 bridgehead atoms. The van der Waals surface area contributed by atoms with E-state index in [2.05, 4.69) is 20.8 Å². The fourth-order valence-corrected chi connectivity index (χ4v) is 3.57. The van der Waals surface area contributed by atoms with Crippen LogP contribution >= 0.6 is 11.8 Å². The summed E-state index contributed by atoms with van der Waals surface area (Å²) in [6, 6.07) is 16.6. The van der Waals surface area contributed by atoms with E-state index >= 15 is 0 Å². The lowest BCUT2D eigenvalue weighted by Crippen LogP contribution is -2.39. The van der Waals surface area contributed by atoms with Gasteiger partial charge < -0.3 is 5.32 Å². The third kappa shape index (κ3) is 4.35. The second-order valence-corrected chi connectivity index (χ2v) is 6.82. The Balaban J connectivity index is 1.94. The van der Waals surface area contributed by atoms with E-state index in [4.69, 9.17) is 0 Å². The molecule has 0 saturated carbocycles. The summed E-state index contributed by atoms with van der Waals surface area (Å²) in [5.74, 6) is -0.426. The van der Waals surface area contributed by atoms with Crippen molar-refractivity contribution in [2.24, 2.45) is 0 Å². The van der Waals surface area contributed by atoms with E-state index in [-0.39, 0.29) is 0 Å². The zero-order valence-electron chi connectivity index (χ0n) is 14.9. The standard InChI is InChI=1S/C19H19N5O2S/c1-13-8-6-7-11-15(13)24-12-21-23-19(24)27-16(14-9-4-3-5-10-14)17(25)22-18(26)20-2/h3-12,16H,1-2H3,(H2,20,22,25,26)/t16-/m0/s1. The molecule has 1 atom stereocenters. The molecule has 3 aromatic rings. The lowest BCUT2D eigenvalue weighted by atomic mass is 10.1. The number of hydrogen-bond donors (Lipinski definition) is 2. The highest BCUT2D eigenvalue weighted by Gasteiger charge is 2.26. The smallest absolute Gasteiger partial charge is 0.321 e. The minimum Gasteiger partial charge on any atom is -0.341 e. The van der Waals surface area contributed by atoms with E-state index in [9.17, 15) is 9.59 Å². The molecule has 1 aromatic heterocycles. The van der Waals surface area contributed by atoms with E-state index in [0.717, 1.165) is 16.8 Å². The van der Waals surface area contributed by atoms with Gasteiger partial charge >= 0.3 is 6.03 Å². The Morgan fingerprint density at radius 3 is 2.48 bits per heavy atom. The molecule has 27 heavy (non-hydrogen) atoms. The maximum atomic E-state index is 12.7. The Bertz CT molecular complexity index is 942. The van der Waals surface area contributed by atoms with Crippen LogP contribution in [0, 0.1) is 6.92 Å². The lowest BCUT2D eigenvalue weighted by Gasteiger charge is -2.17. The van der Waals surface area contributed by atoms with Crippen LogP contribution in [-0.2, 0) is 4.79 Å². The second kappa shape index (κ2) is 8.50. The molecule has 0 spiro atoms. The van der Waals surface area contributed by atoms with Gasteiger partial charge in [-0.05, 0) is 24.1 Å². The molecule has 3 amide bonds. The number of rotatable bonds is 5.